The third-order valence-corrected chi connectivity index (χ3v) is 5.96. The average Bonchev–Trinajstić information content (AvgIpc) is 2.81. The van der Waals surface area contributed by atoms with Crippen molar-refractivity contribution in [3.8, 4) is 0 Å². The van der Waals surface area contributed by atoms with E-state index in [1.54, 1.807) is 18.2 Å². The van der Waals surface area contributed by atoms with Crippen LogP contribution in [0, 0.1) is 10.8 Å². The van der Waals surface area contributed by atoms with E-state index in [9.17, 15) is 13.2 Å². The highest BCUT2D eigenvalue weighted by atomic mass is 32.2. The van der Waals surface area contributed by atoms with Gasteiger partial charge in [-0.2, -0.15) is 4.72 Å². The molecule has 1 atom stereocenters. The number of carbonyl (C=O) groups excluding carboxylic acids is 1. The van der Waals surface area contributed by atoms with Crippen molar-refractivity contribution in [2.45, 2.75) is 50.5 Å². The first kappa shape index (κ1) is 31.2. The normalized spacial score (nSPS) is 11.1. The van der Waals surface area contributed by atoms with Crippen molar-refractivity contribution < 1.29 is 23.1 Å². The van der Waals surface area contributed by atoms with Gasteiger partial charge in [-0.25, -0.2) is 8.42 Å². The van der Waals surface area contributed by atoms with Crippen LogP contribution in [-0.4, -0.2) is 50.5 Å². The Morgan fingerprint density at radius 3 is 2.29 bits per heavy atom. The number of guanidine groups is 1. The molecule has 2 rings (SSSR count). The first-order valence-electron chi connectivity index (χ1n) is 10.8. The second-order valence-corrected chi connectivity index (χ2v) is 8.95. The molecule has 12 nitrogen and oxygen atoms in total. The molecular weight excluding hydrogens is 474 g/mol. The Morgan fingerprint density at radius 2 is 1.69 bits per heavy atom. The molecule has 0 saturated heterocycles. The van der Waals surface area contributed by atoms with E-state index in [-0.39, 0.29) is 23.2 Å². The summed E-state index contributed by atoms with van der Waals surface area (Å²) in [4.78, 5) is 25.6. The maximum atomic E-state index is 13.1. The third kappa shape index (κ3) is 12.3. The first-order valence-corrected chi connectivity index (χ1v) is 12.3. The number of nitrogens with zero attached hydrogens (tertiary/aromatic N) is 3. The second-order valence-electron chi connectivity index (χ2n) is 7.26. The summed E-state index contributed by atoms with van der Waals surface area (Å²) in [5.74, 6) is -1.22. The molecule has 0 bridgehead atoms. The van der Waals surface area contributed by atoms with Gasteiger partial charge in [0.05, 0.1) is 4.90 Å². The van der Waals surface area contributed by atoms with Crippen LogP contribution >= 0.6 is 0 Å². The molecule has 0 aliphatic heterocycles. The van der Waals surface area contributed by atoms with Crippen LogP contribution in [-0.2, 0) is 19.6 Å². The van der Waals surface area contributed by atoms with Gasteiger partial charge in [0, 0.05) is 36.2 Å². The smallest absolute Gasteiger partial charge is 0.300 e. The highest BCUT2D eigenvalue weighted by Gasteiger charge is 2.26. The van der Waals surface area contributed by atoms with Crippen LogP contribution in [0.25, 0.3) is 10.8 Å². The predicted molar refractivity (Wildman–Crippen MR) is 133 cm³/mol. The van der Waals surface area contributed by atoms with Crippen LogP contribution in [0.5, 0.6) is 0 Å². The van der Waals surface area contributed by atoms with Gasteiger partial charge in [0.15, 0.2) is 5.96 Å². The van der Waals surface area contributed by atoms with E-state index in [0.717, 1.165) is 25.2 Å². The topological polar surface area (TPSA) is 225 Å². The molecule has 192 valence electrons. The molecular formula is C22H33N7O5S. The van der Waals surface area contributed by atoms with E-state index in [1.807, 2.05) is 25.1 Å². The Labute approximate surface area is 205 Å². The van der Waals surface area contributed by atoms with Gasteiger partial charge in [0.25, 0.3) is 5.97 Å². The average molecular weight is 508 g/mol. The number of hydrogen-bond donors (Lipinski definition) is 5. The number of sulfonamides is 1. The van der Waals surface area contributed by atoms with E-state index in [0.29, 0.717) is 24.9 Å². The van der Waals surface area contributed by atoms with E-state index in [1.165, 1.54) is 6.07 Å². The Bertz CT molecular complexity index is 1090. The molecule has 35 heavy (non-hydrogen) atoms. The van der Waals surface area contributed by atoms with Gasteiger partial charge < -0.3 is 21.9 Å². The van der Waals surface area contributed by atoms with Gasteiger partial charge in [-0.05, 0) is 30.7 Å². The van der Waals surface area contributed by atoms with Gasteiger partial charge in [0.1, 0.15) is 6.04 Å². The number of nitrogens with two attached hydrogens (primary N) is 2. The molecule has 0 heterocycles. The van der Waals surface area contributed by atoms with Gasteiger partial charge in [0.2, 0.25) is 15.9 Å². The molecule has 0 aliphatic carbocycles. The Kier molecular flexibility index (Phi) is 15.0. The van der Waals surface area contributed by atoms with Crippen molar-refractivity contribution in [2.24, 2.45) is 16.5 Å². The Hall–Kier alpha value is -3.76. The number of aliphatic carboxylic acids is 1. The highest BCUT2D eigenvalue weighted by molar-refractivity contribution is 7.89. The van der Waals surface area contributed by atoms with Crippen molar-refractivity contribution >= 4 is 38.6 Å². The lowest BCUT2D eigenvalue weighted by atomic mass is 10.1. The second kappa shape index (κ2) is 16.8. The molecule has 0 spiro atoms. The molecule has 0 aliphatic rings. The number of carboxylic acids is 1. The lowest BCUT2D eigenvalue weighted by Crippen LogP contribution is -2.47. The molecule has 7 N–H and O–H groups in total. The highest BCUT2D eigenvalue weighted by Crippen LogP contribution is 2.23. The fourth-order valence-electron chi connectivity index (χ4n) is 2.94. The van der Waals surface area contributed by atoms with Crippen LogP contribution in [0.2, 0.25) is 0 Å². The van der Waals surface area contributed by atoms with Crippen molar-refractivity contribution in [3.05, 3.63) is 42.5 Å². The van der Waals surface area contributed by atoms with Crippen LogP contribution in [0.3, 0.4) is 0 Å². The van der Waals surface area contributed by atoms with Gasteiger partial charge >= 0.3 is 0 Å². The molecule has 0 fully saturated rings. The van der Waals surface area contributed by atoms with Crippen molar-refractivity contribution in [1.29, 1.82) is 10.8 Å². The van der Waals surface area contributed by atoms with E-state index < -0.39 is 22.0 Å². The molecule has 13 heteroatoms. The zero-order valence-electron chi connectivity index (χ0n) is 19.8. The zero-order valence-corrected chi connectivity index (χ0v) is 20.7. The number of rotatable bonds is 11. The summed E-state index contributed by atoms with van der Waals surface area (Å²) >= 11 is 0. The van der Waals surface area contributed by atoms with Gasteiger partial charge in [-0.1, -0.05) is 49.7 Å². The van der Waals surface area contributed by atoms with Gasteiger partial charge in [-0.3, -0.25) is 14.6 Å². The zero-order chi connectivity index (χ0) is 26.9. The van der Waals surface area contributed by atoms with E-state index >= 15 is 0 Å². The summed E-state index contributed by atoms with van der Waals surface area (Å²) in [7, 11) is -3.91. The maximum Gasteiger partial charge on any atom is 0.300 e. The number of carbonyl (C=O) groups is 2. The van der Waals surface area contributed by atoms with Gasteiger partial charge in [-0.15, -0.1) is 0 Å². The number of carboxylic acid groups (broad SMARTS) is 1. The number of fused-ring (bicyclic) bond motifs is 1. The van der Waals surface area contributed by atoms with E-state index in [4.69, 9.17) is 32.2 Å². The quantitative estimate of drug-likeness (QED) is 0.128. The number of amides is 1. The van der Waals surface area contributed by atoms with Crippen molar-refractivity contribution in [1.82, 2.24) is 10.0 Å². The SMILES string of the molecule is CC(=O)O.CCCCNC(=O)[C@H](CCCN=C(N)N)NS(=O)(=O)c1cccc2ccccc12.N#N. The van der Waals surface area contributed by atoms with Crippen molar-refractivity contribution in [3.63, 3.8) is 0 Å². The minimum Gasteiger partial charge on any atom is -0.481 e. The molecule has 0 saturated carbocycles. The molecule has 0 radical (unpaired) electrons. The lowest BCUT2D eigenvalue weighted by molar-refractivity contribution is -0.134. The van der Waals surface area contributed by atoms with Crippen LogP contribution in [0.4, 0.5) is 0 Å². The molecule has 0 aromatic heterocycles. The minimum absolute atomic E-state index is 0.0368. The minimum atomic E-state index is -3.91. The summed E-state index contributed by atoms with van der Waals surface area (Å²) in [6.45, 7) is 3.91. The maximum absolute atomic E-state index is 13.1. The number of nitrogens with one attached hydrogen (secondary N) is 2. The molecule has 1 amide bonds. The molecule has 2 aromatic carbocycles. The Balaban J connectivity index is 0.00000174. The molecule has 0 unspecified atom stereocenters. The fourth-order valence-corrected chi connectivity index (χ4v) is 4.40. The number of benzene rings is 2. The lowest BCUT2D eigenvalue weighted by Gasteiger charge is -2.19. The van der Waals surface area contributed by atoms with Crippen molar-refractivity contribution in [2.75, 3.05) is 13.1 Å². The summed E-state index contributed by atoms with van der Waals surface area (Å²) in [6.07, 6.45) is 2.49. The van der Waals surface area contributed by atoms with Crippen LogP contribution in [0.1, 0.15) is 39.5 Å². The molecule has 2 aromatic rings. The van der Waals surface area contributed by atoms with E-state index in [2.05, 4.69) is 15.0 Å². The predicted octanol–water partition coefficient (Wildman–Crippen LogP) is 1.58. The monoisotopic (exact) mass is 507 g/mol. The Morgan fingerprint density at radius 1 is 1.09 bits per heavy atom. The van der Waals surface area contributed by atoms with Crippen LogP contribution < -0.4 is 21.5 Å². The summed E-state index contributed by atoms with van der Waals surface area (Å²) in [5, 5.41) is 23.6. The number of unbranched alkanes of at least 4 members (excludes halogenated alkanes) is 1. The van der Waals surface area contributed by atoms with Crippen LogP contribution in [0.15, 0.2) is 52.4 Å². The summed E-state index contributed by atoms with van der Waals surface area (Å²) in [5.41, 5.74) is 10.6. The number of hydrogen-bond acceptors (Lipinski definition) is 7. The first-order chi connectivity index (χ1) is 16.6. The number of aliphatic imine (C=N–C) groups is 1. The largest absolute Gasteiger partial charge is 0.481 e. The fraction of sp³-hybridized carbons (Fsp3) is 0.409. The summed E-state index contributed by atoms with van der Waals surface area (Å²) < 4.78 is 28.7. The summed E-state index contributed by atoms with van der Waals surface area (Å²) in [6, 6.07) is 11.4. The third-order valence-electron chi connectivity index (χ3n) is 4.43. The standard InChI is InChI=1S/C20H29N5O3S.C2H4O2.N2/c1-2-3-13-23-19(26)17(11-7-14-24-20(21)22)25-29(27,28)18-12-6-9-15-8-4-5-10-16(15)18;1-2(3)4;1-2/h4-6,8-10,12,17,25H,2-3,7,11,13-14H2,1H3,(H,23,26)(H4,21,22,24);1H3,(H,3,4);/t17-;;/m0../s1.